The van der Waals surface area contributed by atoms with E-state index in [4.69, 9.17) is 4.74 Å². The summed E-state index contributed by atoms with van der Waals surface area (Å²) in [5.74, 6) is -0.0806. The van der Waals surface area contributed by atoms with Crippen molar-refractivity contribution < 1.29 is 14.3 Å². The van der Waals surface area contributed by atoms with Crippen molar-refractivity contribution in [3.63, 3.8) is 0 Å². The van der Waals surface area contributed by atoms with Crippen molar-refractivity contribution in [1.82, 2.24) is 15.5 Å². The molecule has 23 heavy (non-hydrogen) atoms. The Morgan fingerprint density at radius 1 is 1.35 bits per heavy atom. The maximum Gasteiger partial charge on any atom is 0.245 e. The van der Waals surface area contributed by atoms with Gasteiger partial charge in [0.05, 0.1) is 13.2 Å². The SMILES string of the molecule is O=C(CC1COCCN1)NC1CCN(Cc2ccccc2)C1=O. The summed E-state index contributed by atoms with van der Waals surface area (Å²) >= 11 is 0. The highest BCUT2D eigenvalue weighted by Crippen LogP contribution is 2.15. The molecule has 2 heterocycles. The summed E-state index contributed by atoms with van der Waals surface area (Å²) in [5.41, 5.74) is 1.11. The second kappa shape index (κ2) is 7.57. The van der Waals surface area contributed by atoms with Crippen LogP contribution in [-0.2, 0) is 20.9 Å². The smallest absolute Gasteiger partial charge is 0.245 e. The first kappa shape index (κ1) is 16.0. The number of morpholine rings is 1. The van der Waals surface area contributed by atoms with Crippen LogP contribution < -0.4 is 10.6 Å². The molecule has 2 atom stereocenters. The molecule has 2 aliphatic heterocycles. The van der Waals surface area contributed by atoms with Crippen molar-refractivity contribution >= 4 is 11.8 Å². The summed E-state index contributed by atoms with van der Waals surface area (Å²) in [6.45, 7) is 3.29. The van der Waals surface area contributed by atoms with Gasteiger partial charge in [0.15, 0.2) is 0 Å². The van der Waals surface area contributed by atoms with Crippen LogP contribution in [0.25, 0.3) is 0 Å². The Morgan fingerprint density at radius 3 is 2.91 bits per heavy atom. The average molecular weight is 317 g/mol. The lowest BCUT2D eigenvalue weighted by atomic mass is 10.1. The molecule has 1 aromatic rings. The van der Waals surface area contributed by atoms with Gasteiger partial charge in [-0.3, -0.25) is 9.59 Å². The average Bonchev–Trinajstić information content (AvgIpc) is 2.90. The highest BCUT2D eigenvalue weighted by atomic mass is 16.5. The minimum Gasteiger partial charge on any atom is -0.378 e. The molecule has 124 valence electrons. The lowest BCUT2D eigenvalue weighted by Crippen LogP contribution is -2.47. The summed E-state index contributed by atoms with van der Waals surface area (Å²) in [5, 5.41) is 6.11. The molecule has 2 unspecified atom stereocenters. The van der Waals surface area contributed by atoms with E-state index in [1.54, 1.807) is 0 Å². The predicted molar refractivity (Wildman–Crippen MR) is 85.6 cm³/mol. The summed E-state index contributed by atoms with van der Waals surface area (Å²) < 4.78 is 5.34. The van der Waals surface area contributed by atoms with Gasteiger partial charge in [-0.15, -0.1) is 0 Å². The van der Waals surface area contributed by atoms with Crippen LogP contribution in [0, 0.1) is 0 Å². The third-order valence-corrected chi connectivity index (χ3v) is 4.28. The number of carbonyl (C=O) groups is 2. The van der Waals surface area contributed by atoms with Gasteiger partial charge in [-0.2, -0.15) is 0 Å². The van der Waals surface area contributed by atoms with Gasteiger partial charge in [0, 0.05) is 32.1 Å². The number of hydrogen-bond acceptors (Lipinski definition) is 4. The van der Waals surface area contributed by atoms with Crippen LogP contribution in [-0.4, -0.2) is 55.1 Å². The molecule has 0 spiro atoms. The van der Waals surface area contributed by atoms with Gasteiger partial charge in [0.1, 0.15) is 6.04 Å². The van der Waals surface area contributed by atoms with Gasteiger partial charge in [-0.1, -0.05) is 30.3 Å². The van der Waals surface area contributed by atoms with Crippen LogP contribution in [0.3, 0.4) is 0 Å². The molecule has 3 rings (SSSR count). The number of amides is 2. The number of likely N-dealkylation sites (tertiary alicyclic amines) is 1. The summed E-state index contributed by atoms with van der Waals surface area (Å²) in [6.07, 6.45) is 1.02. The van der Waals surface area contributed by atoms with E-state index < -0.39 is 6.04 Å². The van der Waals surface area contributed by atoms with Crippen LogP contribution in [0.1, 0.15) is 18.4 Å². The standard InChI is InChI=1S/C17H23N3O3/c21-16(10-14-12-23-9-7-18-14)19-15-6-8-20(17(15)22)11-13-4-2-1-3-5-13/h1-5,14-15,18H,6-12H2,(H,19,21). The molecule has 6 nitrogen and oxygen atoms in total. The Morgan fingerprint density at radius 2 is 2.17 bits per heavy atom. The maximum atomic E-state index is 12.4. The third kappa shape index (κ3) is 4.30. The van der Waals surface area contributed by atoms with E-state index in [1.807, 2.05) is 35.2 Å². The van der Waals surface area contributed by atoms with E-state index in [1.165, 1.54) is 0 Å². The van der Waals surface area contributed by atoms with E-state index in [2.05, 4.69) is 10.6 Å². The monoisotopic (exact) mass is 317 g/mol. The molecule has 0 bridgehead atoms. The lowest BCUT2D eigenvalue weighted by molar-refractivity contribution is -0.133. The predicted octanol–water partition coefficient (Wildman–Crippen LogP) is 0.282. The highest BCUT2D eigenvalue weighted by Gasteiger charge is 2.33. The fraction of sp³-hybridized carbons (Fsp3) is 0.529. The van der Waals surface area contributed by atoms with Gasteiger partial charge in [0.25, 0.3) is 0 Å². The molecule has 2 fully saturated rings. The second-order valence-electron chi connectivity index (χ2n) is 6.08. The van der Waals surface area contributed by atoms with Crippen molar-refractivity contribution in [2.45, 2.75) is 31.5 Å². The molecule has 2 N–H and O–H groups in total. The second-order valence-corrected chi connectivity index (χ2v) is 6.08. The minimum atomic E-state index is -0.393. The quantitative estimate of drug-likeness (QED) is 0.818. The van der Waals surface area contributed by atoms with Crippen molar-refractivity contribution in [3.8, 4) is 0 Å². The Labute approximate surface area is 136 Å². The van der Waals surface area contributed by atoms with Gasteiger partial charge in [-0.25, -0.2) is 0 Å². The Hall–Kier alpha value is -1.92. The lowest BCUT2D eigenvalue weighted by Gasteiger charge is -2.24. The fourth-order valence-electron chi connectivity index (χ4n) is 3.06. The van der Waals surface area contributed by atoms with E-state index in [0.29, 0.717) is 39.1 Å². The van der Waals surface area contributed by atoms with Crippen molar-refractivity contribution in [2.24, 2.45) is 0 Å². The number of carbonyl (C=O) groups excluding carboxylic acids is 2. The molecule has 2 aliphatic rings. The summed E-state index contributed by atoms with van der Waals surface area (Å²) in [7, 11) is 0. The molecule has 0 aliphatic carbocycles. The molecule has 0 saturated carbocycles. The van der Waals surface area contributed by atoms with Gasteiger partial charge >= 0.3 is 0 Å². The Kier molecular flexibility index (Phi) is 5.25. The minimum absolute atomic E-state index is 0.00931. The normalized spacial score (nSPS) is 24.7. The molecule has 2 saturated heterocycles. The van der Waals surface area contributed by atoms with Crippen molar-refractivity contribution in [3.05, 3.63) is 35.9 Å². The molecule has 0 aromatic heterocycles. The van der Waals surface area contributed by atoms with E-state index >= 15 is 0 Å². The first-order valence-electron chi connectivity index (χ1n) is 8.15. The first-order chi connectivity index (χ1) is 11.2. The van der Waals surface area contributed by atoms with Crippen LogP contribution in [0.5, 0.6) is 0 Å². The van der Waals surface area contributed by atoms with Crippen LogP contribution in [0.15, 0.2) is 30.3 Å². The molecule has 6 heteroatoms. The van der Waals surface area contributed by atoms with Crippen LogP contribution in [0.4, 0.5) is 0 Å². The number of nitrogens with one attached hydrogen (secondary N) is 2. The van der Waals surface area contributed by atoms with Crippen molar-refractivity contribution in [1.29, 1.82) is 0 Å². The molecule has 0 radical (unpaired) electrons. The van der Waals surface area contributed by atoms with E-state index in [0.717, 1.165) is 12.1 Å². The number of nitrogens with zero attached hydrogens (tertiary/aromatic N) is 1. The third-order valence-electron chi connectivity index (χ3n) is 4.28. The van der Waals surface area contributed by atoms with E-state index in [9.17, 15) is 9.59 Å². The largest absolute Gasteiger partial charge is 0.378 e. The Balaban J connectivity index is 1.47. The maximum absolute atomic E-state index is 12.4. The molecular weight excluding hydrogens is 294 g/mol. The zero-order valence-electron chi connectivity index (χ0n) is 13.2. The van der Waals surface area contributed by atoms with Crippen molar-refractivity contribution in [2.75, 3.05) is 26.3 Å². The topological polar surface area (TPSA) is 70.7 Å². The highest BCUT2D eigenvalue weighted by molar-refractivity contribution is 5.89. The van der Waals surface area contributed by atoms with Crippen LogP contribution in [0.2, 0.25) is 0 Å². The first-order valence-corrected chi connectivity index (χ1v) is 8.15. The zero-order valence-corrected chi connectivity index (χ0v) is 13.2. The molecule has 1 aromatic carbocycles. The number of hydrogen-bond donors (Lipinski definition) is 2. The fourth-order valence-corrected chi connectivity index (χ4v) is 3.06. The Bertz CT molecular complexity index is 543. The van der Waals surface area contributed by atoms with Crippen LogP contribution >= 0.6 is 0 Å². The molecule has 2 amide bonds. The number of benzene rings is 1. The van der Waals surface area contributed by atoms with Gasteiger partial charge in [-0.05, 0) is 12.0 Å². The van der Waals surface area contributed by atoms with Gasteiger partial charge in [0.2, 0.25) is 11.8 Å². The number of rotatable bonds is 5. The number of ether oxygens (including phenoxy) is 1. The molecular formula is C17H23N3O3. The zero-order chi connectivity index (χ0) is 16.1. The summed E-state index contributed by atoms with van der Waals surface area (Å²) in [6, 6.07) is 9.56. The van der Waals surface area contributed by atoms with Gasteiger partial charge < -0.3 is 20.3 Å². The van der Waals surface area contributed by atoms with E-state index in [-0.39, 0.29) is 17.9 Å². The summed E-state index contributed by atoms with van der Waals surface area (Å²) in [4.78, 5) is 26.3.